The van der Waals surface area contributed by atoms with Crippen LogP contribution in [0.5, 0.6) is 5.75 Å². The molecule has 0 radical (unpaired) electrons. The zero-order valence-electron chi connectivity index (χ0n) is 17.9. The van der Waals surface area contributed by atoms with Gasteiger partial charge in [-0.3, -0.25) is 14.3 Å². The molecule has 0 saturated carbocycles. The van der Waals surface area contributed by atoms with Crippen molar-refractivity contribution in [3.05, 3.63) is 65.7 Å². The standard InChI is InChI=1S/C23H25FN4O3S/c1-30-20-8-2-17(3-9-20)21(29)16-32-23-26-25-22(10-11-27-12-14-31-15-13-27)28(23)19-6-4-18(24)5-7-19/h2-9H,10-16H2,1H3. The lowest BCUT2D eigenvalue weighted by Crippen LogP contribution is -2.37. The molecule has 0 spiro atoms. The molecule has 0 aliphatic carbocycles. The Balaban J connectivity index is 1.50. The van der Waals surface area contributed by atoms with E-state index in [9.17, 15) is 9.18 Å². The van der Waals surface area contributed by atoms with Gasteiger partial charge in [0.1, 0.15) is 17.4 Å². The summed E-state index contributed by atoms with van der Waals surface area (Å²) < 4.78 is 26.0. The molecule has 0 bridgehead atoms. The Labute approximate surface area is 190 Å². The SMILES string of the molecule is COc1ccc(C(=O)CSc2nnc(CCN3CCOCC3)n2-c2ccc(F)cc2)cc1. The van der Waals surface area contributed by atoms with Gasteiger partial charge in [-0.1, -0.05) is 11.8 Å². The normalized spacial score (nSPS) is 14.4. The second-order valence-corrected chi connectivity index (χ2v) is 8.30. The summed E-state index contributed by atoms with van der Waals surface area (Å²) in [6.45, 7) is 4.09. The van der Waals surface area contributed by atoms with Crippen molar-refractivity contribution in [1.29, 1.82) is 0 Å². The Hall–Kier alpha value is -2.75. The number of halogens is 1. The van der Waals surface area contributed by atoms with E-state index in [4.69, 9.17) is 9.47 Å². The molecule has 1 aromatic heterocycles. The second kappa shape index (κ2) is 10.7. The van der Waals surface area contributed by atoms with E-state index in [2.05, 4.69) is 15.1 Å². The molecular weight excluding hydrogens is 431 g/mol. The minimum absolute atomic E-state index is 0.0128. The number of rotatable bonds is 9. The van der Waals surface area contributed by atoms with Gasteiger partial charge in [-0.15, -0.1) is 10.2 Å². The lowest BCUT2D eigenvalue weighted by molar-refractivity contribution is 0.0382. The summed E-state index contributed by atoms with van der Waals surface area (Å²) >= 11 is 1.32. The number of ether oxygens (including phenoxy) is 2. The van der Waals surface area contributed by atoms with E-state index in [0.717, 1.165) is 44.4 Å². The number of hydrogen-bond donors (Lipinski definition) is 0. The highest BCUT2D eigenvalue weighted by Gasteiger charge is 2.18. The number of Topliss-reactive ketones (excluding diaryl/α,β-unsaturated/α-hetero) is 1. The summed E-state index contributed by atoms with van der Waals surface area (Å²) in [7, 11) is 1.59. The molecule has 1 saturated heterocycles. The maximum Gasteiger partial charge on any atom is 0.196 e. The molecule has 0 amide bonds. The average molecular weight is 457 g/mol. The van der Waals surface area contributed by atoms with E-state index in [1.807, 2.05) is 4.57 Å². The molecule has 0 unspecified atom stereocenters. The molecule has 9 heteroatoms. The van der Waals surface area contributed by atoms with E-state index >= 15 is 0 Å². The number of morpholine rings is 1. The van der Waals surface area contributed by atoms with Crippen LogP contribution in [0.2, 0.25) is 0 Å². The second-order valence-electron chi connectivity index (χ2n) is 7.35. The highest BCUT2D eigenvalue weighted by molar-refractivity contribution is 7.99. The van der Waals surface area contributed by atoms with Gasteiger partial charge in [-0.25, -0.2) is 4.39 Å². The number of hydrogen-bond acceptors (Lipinski definition) is 7. The Morgan fingerprint density at radius 2 is 1.81 bits per heavy atom. The molecule has 168 valence electrons. The van der Waals surface area contributed by atoms with Crippen LogP contribution >= 0.6 is 11.8 Å². The molecule has 0 N–H and O–H groups in total. The van der Waals surface area contributed by atoms with Crippen molar-refractivity contribution in [2.45, 2.75) is 11.6 Å². The highest BCUT2D eigenvalue weighted by atomic mass is 32.2. The Bertz CT molecular complexity index is 1030. The van der Waals surface area contributed by atoms with Crippen LogP contribution in [0.1, 0.15) is 16.2 Å². The summed E-state index contributed by atoms with van der Waals surface area (Å²) in [6, 6.07) is 13.3. The molecule has 3 aromatic rings. The van der Waals surface area contributed by atoms with Crippen molar-refractivity contribution >= 4 is 17.5 Å². The van der Waals surface area contributed by atoms with Gasteiger partial charge in [0.2, 0.25) is 0 Å². The first-order valence-corrected chi connectivity index (χ1v) is 11.4. The number of thioether (sulfide) groups is 1. The smallest absolute Gasteiger partial charge is 0.196 e. The van der Waals surface area contributed by atoms with Gasteiger partial charge in [0.15, 0.2) is 10.9 Å². The van der Waals surface area contributed by atoms with Crippen LogP contribution in [0, 0.1) is 5.82 Å². The predicted molar refractivity (Wildman–Crippen MR) is 120 cm³/mol. The number of carbonyl (C=O) groups excluding carboxylic acids is 1. The van der Waals surface area contributed by atoms with Crippen LogP contribution in [-0.4, -0.2) is 71.2 Å². The lowest BCUT2D eigenvalue weighted by atomic mass is 10.1. The molecule has 0 atom stereocenters. The third-order valence-electron chi connectivity index (χ3n) is 5.28. The first-order chi connectivity index (χ1) is 15.6. The zero-order chi connectivity index (χ0) is 22.3. The third kappa shape index (κ3) is 5.53. The molecule has 7 nitrogen and oxygen atoms in total. The summed E-state index contributed by atoms with van der Waals surface area (Å²) in [4.78, 5) is 15.0. The fourth-order valence-corrected chi connectivity index (χ4v) is 4.34. The fourth-order valence-electron chi connectivity index (χ4n) is 3.48. The first-order valence-electron chi connectivity index (χ1n) is 10.4. The number of methoxy groups -OCH3 is 1. The van der Waals surface area contributed by atoms with Crippen molar-refractivity contribution < 1.29 is 18.7 Å². The van der Waals surface area contributed by atoms with Crippen molar-refractivity contribution in [2.24, 2.45) is 0 Å². The molecule has 32 heavy (non-hydrogen) atoms. The fraction of sp³-hybridized carbons (Fsp3) is 0.348. The molecule has 1 aliphatic rings. The van der Waals surface area contributed by atoms with Crippen LogP contribution in [0.3, 0.4) is 0 Å². The van der Waals surface area contributed by atoms with Crippen molar-refractivity contribution in [3.8, 4) is 11.4 Å². The molecule has 2 aromatic carbocycles. The van der Waals surface area contributed by atoms with E-state index in [0.29, 0.717) is 22.9 Å². The van der Waals surface area contributed by atoms with E-state index < -0.39 is 0 Å². The molecule has 1 aliphatic heterocycles. The number of nitrogens with zero attached hydrogens (tertiary/aromatic N) is 4. The average Bonchev–Trinajstić information content (AvgIpc) is 3.25. The largest absolute Gasteiger partial charge is 0.497 e. The van der Waals surface area contributed by atoms with Gasteiger partial charge in [-0.05, 0) is 48.5 Å². The molecule has 2 heterocycles. The quantitative estimate of drug-likeness (QED) is 0.362. The van der Waals surface area contributed by atoms with Gasteiger partial charge in [-0.2, -0.15) is 0 Å². The van der Waals surface area contributed by atoms with Crippen molar-refractivity contribution in [2.75, 3.05) is 45.7 Å². The molecular formula is C23H25FN4O3S. The zero-order valence-corrected chi connectivity index (χ0v) is 18.7. The van der Waals surface area contributed by atoms with Crippen molar-refractivity contribution in [1.82, 2.24) is 19.7 Å². The van der Waals surface area contributed by atoms with E-state index in [1.165, 1.54) is 23.9 Å². The summed E-state index contributed by atoms with van der Waals surface area (Å²) in [5.74, 6) is 1.38. The molecule has 1 fully saturated rings. The number of carbonyl (C=O) groups is 1. The van der Waals surface area contributed by atoms with Crippen LogP contribution in [-0.2, 0) is 11.2 Å². The number of benzene rings is 2. The maximum absolute atomic E-state index is 13.5. The van der Waals surface area contributed by atoms with Crippen LogP contribution in [0.4, 0.5) is 4.39 Å². The Morgan fingerprint density at radius 3 is 2.50 bits per heavy atom. The van der Waals surface area contributed by atoms with Gasteiger partial charge >= 0.3 is 0 Å². The van der Waals surface area contributed by atoms with Crippen LogP contribution in [0.25, 0.3) is 5.69 Å². The highest BCUT2D eigenvalue weighted by Crippen LogP contribution is 2.24. The third-order valence-corrected chi connectivity index (χ3v) is 6.21. The monoisotopic (exact) mass is 456 g/mol. The van der Waals surface area contributed by atoms with Gasteiger partial charge in [0.05, 0.1) is 26.1 Å². The van der Waals surface area contributed by atoms with Gasteiger partial charge in [0.25, 0.3) is 0 Å². The topological polar surface area (TPSA) is 69.5 Å². The maximum atomic E-state index is 13.5. The first kappa shape index (κ1) is 22.4. The molecule has 4 rings (SSSR count). The summed E-state index contributed by atoms with van der Waals surface area (Å²) in [6.07, 6.45) is 0.692. The minimum Gasteiger partial charge on any atom is -0.497 e. The van der Waals surface area contributed by atoms with E-state index in [-0.39, 0.29) is 17.4 Å². The van der Waals surface area contributed by atoms with Gasteiger partial charge in [0, 0.05) is 37.3 Å². The number of aromatic nitrogens is 3. The number of ketones is 1. The van der Waals surface area contributed by atoms with E-state index in [1.54, 1.807) is 43.5 Å². The van der Waals surface area contributed by atoms with Crippen molar-refractivity contribution in [3.63, 3.8) is 0 Å². The van der Waals surface area contributed by atoms with Gasteiger partial charge < -0.3 is 9.47 Å². The Morgan fingerprint density at radius 1 is 1.09 bits per heavy atom. The van der Waals surface area contributed by atoms with Crippen LogP contribution < -0.4 is 4.74 Å². The Kier molecular flexibility index (Phi) is 7.51. The summed E-state index contributed by atoms with van der Waals surface area (Å²) in [5.41, 5.74) is 1.38. The predicted octanol–water partition coefficient (Wildman–Crippen LogP) is 3.26. The minimum atomic E-state index is -0.305. The summed E-state index contributed by atoms with van der Waals surface area (Å²) in [5, 5.41) is 9.33. The lowest BCUT2D eigenvalue weighted by Gasteiger charge is -2.26. The van der Waals surface area contributed by atoms with Crippen LogP contribution in [0.15, 0.2) is 53.7 Å².